The number of rotatable bonds is 2. The molecule has 1 atom stereocenters. The highest BCUT2D eigenvalue weighted by Gasteiger charge is 2.73. The summed E-state index contributed by atoms with van der Waals surface area (Å²) in [5.74, 6) is -0.376. The van der Waals surface area contributed by atoms with Gasteiger partial charge in [-0.15, -0.1) is 0 Å². The molecule has 0 bridgehead atoms. The van der Waals surface area contributed by atoms with Crippen molar-refractivity contribution in [3.63, 3.8) is 0 Å². The van der Waals surface area contributed by atoms with Crippen molar-refractivity contribution in [1.82, 2.24) is 0 Å². The first-order valence-electron chi connectivity index (χ1n) is 4.56. The largest absolute Gasteiger partial charge is 0.468 e. The van der Waals surface area contributed by atoms with Crippen molar-refractivity contribution < 1.29 is 9.53 Å². The predicted octanol–water partition coefficient (Wildman–Crippen LogP) is 2.68. The Morgan fingerprint density at radius 1 is 1.33 bits per heavy atom. The molecule has 15 heavy (non-hydrogen) atoms. The molecule has 0 aliphatic heterocycles. The first kappa shape index (κ1) is 10.8. The van der Waals surface area contributed by atoms with E-state index >= 15 is 0 Å². The molecule has 1 fully saturated rings. The molecule has 0 aromatic heterocycles. The molecule has 0 N–H and O–H groups in total. The molecule has 1 aliphatic rings. The van der Waals surface area contributed by atoms with E-state index in [1.807, 2.05) is 30.3 Å². The van der Waals surface area contributed by atoms with E-state index in [0.717, 1.165) is 5.56 Å². The molecule has 0 spiro atoms. The van der Waals surface area contributed by atoms with Crippen molar-refractivity contribution in [3.8, 4) is 0 Å². The van der Waals surface area contributed by atoms with E-state index in [-0.39, 0.29) is 5.97 Å². The number of halogens is 2. The Kier molecular flexibility index (Phi) is 2.44. The molecule has 0 radical (unpaired) electrons. The van der Waals surface area contributed by atoms with Gasteiger partial charge in [0.15, 0.2) is 0 Å². The van der Waals surface area contributed by atoms with Gasteiger partial charge in [-0.25, -0.2) is 0 Å². The fraction of sp³-hybridized carbons (Fsp3) is 0.364. The third-order valence-electron chi connectivity index (χ3n) is 2.79. The lowest BCUT2D eigenvalue weighted by atomic mass is 9.96. The van der Waals surface area contributed by atoms with Crippen molar-refractivity contribution >= 4 is 29.2 Å². The summed E-state index contributed by atoms with van der Waals surface area (Å²) >= 11 is 12.1. The van der Waals surface area contributed by atoms with Gasteiger partial charge in [0.1, 0.15) is 9.75 Å². The van der Waals surface area contributed by atoms with Crippen LogP contribution in [0.1, 0.15) is 12.0 Å². The first-order valence-corrected chi connectivity index (χ1v) is 5.32. The molecule has 0 heterocycles. The van der Waals surface area contributed by atoms with E-state index in [1.54, 1.807) is 0 Å². The maximum atomic E-state index is 11.7. The van der Waals surface area contributed by atoms with Gasteiger partial charge in [0.2, 0.25) is 0 Å². The van der Waals surface area contributed by atoms with Crippen LogP contribution in [0.25, 0.3) is 0 Å². The molecule has 1 aromatic carbocycles. The number of carbonyl (C=O) groups excluding carboxylic acids is 1. The normalized spacial score (nSPS) is 27.1. The summed E-state index contributed by atoms with van der Waals surface area (Å²) in [5, 5.41) is 0. The molecule has 0 unspecified atom stereocenters. The number of ether oxygens (including phenoxy) is 1. The fourth-order valence-electron chi connectivity index (χ4n) is 1.84. The van der Waals surface area contributed by atoms with Crippen molar-refractivity contribution in [2.45, 2.75) is 16.2 Å². The maximum absolute atomic E-state index is 11.7. The number of benzene rings is 1. The number of hydrogen-bond acceptors (Lipinski definition) is 2. The predicted molar refractivity (Wildman–Crippen MR) is 59.2 cm³/mol. The summed E-state index contributed by atoms with van der Waals surface area (Å²) in [6, 6.07) is 9.25. The lowest BCUT2D eigenvalue weighted by Gasteiger charge is -2.15. The SMILES string of the molecule is COC(=O)[C@]1(c2ccccc2)CC1(Cl)Cl. The first-order chi connectivity index (χ1) is 7.04. The maximum Gasteiger partial charge on any atom is 0.319 e. The quantitative estimate of drug-likeness (QED) is 0.591. The summed E-state index contributed by atoms with van der Waals surface area (Å²) < 4.78 is 3.72. The van der Waals surface area contributed by atoms with E-state index in [1.165, 1.54) is 7.11 Å². The Balaban J connectivity index is 2.44. The molecule has 0 amide bonds. The Hall–Kier alpha value is -0.730. The minimum Gasteiger partial charge on any atom is -0.468 e. The number of carbonyl (C=O) groups is 1. The topological polar surface area (TPSA) is 26.3 Å². The molecule has 1 aromatic rings. The van der Waals surface area contributed by atoms with Crippen LogP contribution in [0.4, 0.5) is 0 Å². The number of hydrogen-bond donors (Lipinski definition) is 0. The van der Waals surface area contributed by atoms with Crippen molar-refractivity contribution in [2.75, 3.05) is 7.11 Å². The molecule has 0 saturated heterocycles. The van der Waals surface area contributed by atoms with Gasteiger partial charge in [-0.3, -0.25) is 4.79 Å². The van der Waals surface area contributed by atoms with Crippen molar-refractivity contribution in [2.24, 2.45) is 0 Å². The highest BCUT2D eigenvalue weighted by Crippen LogP contribution is 2.65. The number of esters is 1. The molecule has 1 saturated carbocycles. The molecule has 80 valence electrons. The van der Waals surface area contributed by atoms with E-state index in [2.05, 4.69) is 0 Å². The fourth-order valence-corrected chi connectivity index (χ4v) is 2.61. The zero-order valence-electron chi connectivity index (χ0n) is 8.17. The molecular formula is C11H10Cl2O2. The smallest absolute Gasteiger partial charge is 0.319 e. The lowest BCUT2D eigenvalue weighted by molar-refractivity contribution is -0.143. The zero-order chi connectivity index (χ0) is 11.1. The Morgan fingerprint density at radius 3 is 2.27 bits per heavy atom. The van der Waals surface area contributed by atoms with Gasteiger partial charge in [0, 0.05) is 6.42 Å². The third-order valence-corrected chi connectivity index (χ3v) is 3.70. The summed E-state index contributed by atoms with van der Waals surface area (Å²) in [4.78, 5) is 11.7. The molecular weight excluding hydrogens is 235 g/mol. The molecule has 2 nitrogen and oxygen atoms in total. The van der Waals surface area contributed by atoms with Crippen LogP contribution in [-0.4, -0.2) is 17.4 Å². The third kappa shape index (κ3) is 1.44. The highest BCUT2D eigenvalue weighted by molar-refractivity contribution is 6.54. The van der Waals surface area contributed by atoms with Gasteiger partial charge in [0.25, 0.3) is 0 Å². The van der Waals surface area contributed by atoms with Crippen molar-refractivity contribution in [3.05, 3.63) is 35.9 Å². The average Bonchev–Trinajstić information content (AvgIpc) is 2.83. The van der Waals surface area contributed by atoms with Gasteiger partial charge in [-0.05, 0) is 5.56 Å². The lowest BCUT2D eigenvalue weighted by Crippen LogP contribution is -2.27. The van der Waals surface area contributed by atoms with Crippen molar-refractivity contribution in [1.29, 1.82) is 0 Å². The van der Waals surface area contributed by atoms with E-state index < -0.39 is 9.75 Å². The summed E-state index contributed by atoms with van der Waals surface area (Å²) in [7, 11) is 1.34. The molecule has 2 rings (SSSR count). The van der Waals surface area contributed by atoms with Crippen LogP contribution in [0.3, 0.4) is 0 Å². The van der Waals surface area contributed by atoms with E-state index in [0.29, 0.717) is 6.42 Å². The van der Waals surface area contributed by atoms with Gasteiger partial charge in [-0.2, -0.15) is 0 Å². The van der Waals surface area contributed by atoms with Gasteiger partial charge in [-0.1, -0.05) is 53.5 Å². The number of alkyl halides is 2. The van der Waals surface area contributed by atoms with Gasteiger partial charge < -0.3 is 4.74 Å². The van der Waals surface area contributed by atoms with Gasteiger partial charge >= 0.3 is 5.97 Å². The zero-order valence-corrected chi connectivity index (χ0v) is 9.68. The average molecular weight is 245 g/mol. The monoisotopic (exact) mass is 244 g/mol. The number of methoxy groups -OCH3 is 1. The van der Waals surface area contributed by atoms with Crippen LogP contribution >= 0.6 is 23.2 Å². The second-order valence-corrected chi connectivity index (χ2v) is 5.13. The molecule has 4 heteroatoms. The Morgan fingerprint density at radius 2 is 1.87 bits per heavy atom. The van der Waals surface area contributed by atoms with Crippen LogP contribution in [0, 0.1) is 0 Å². The Bertz CT molecular complexity index is 389. The van der Waals surface area contributed by atoms with Gasteiger partial charge in [0.05, 0.1) is 7.11 Å². The standard InChI is InChI=1S/C11H10Cl2O2/c1-15-9(14)10(7-11(10,12)13)8-5-3-2-4-6-8/h2-6H,7H2,1H3/t10-/m1/s1. The van der Waals surface area contributed by atoms with E-state index in [4.69, 9.17) is 27.9 Å². The van der Waals surface area contributed by atoms with Crippen LogP contribution in [0.5, 0.6) is 0 Å². The minimum atomic E-state index is -1.04. The molecule has 1 aliphatic carbocycles. The minimum absolute atomic E-state index is 0.376. The van der Waals surface area contributed by atoms with Crippen LogP contribution in [0.2, 0.25) is 0 Å². The summed E-state index contributed by atoms with van der Waals surface area (Å²) in [5.41, 5.74) is -0.0755. The van der Waals surface area contributed by atoms with Crippen LogP contribution < -0.4 is 0 Å². The Labute approximate surface area is 98.1 Å². The summed E-state index contributed by atoms with van der Waals surface area (Å²) in [6.45, 7) is 0. The van der Waals surface area contributed by atoms with E-state index in [9.17, 15) is 4.79 Å². The second-order valence-electron chi connectivity index (χ2n) is 3.64. The second kappa shape index (κ2) is 3.39. The summed E-state index contributed by atoms with van der Waals surface area (Å²) in [6.07, 6.45) is 0.403. The highest BCUT2D eigenvalue weighted by atomic mass is 35.5. The van der Waals surface area contributed by atoms with Crippen LogP contribution in [0.15, 0.2) is 30.3 Å². The van der Waals surface area contributed by atoms with Crippen LogP contribution in [-0.2, 0) is 14.9 Å².